The third-order valence-electron chi connectivity index (χ3n) is 4.73. The lowest BCUT2D eigenvalue weighted by atomic mass is 9.95. The molecule has 0 aliphatic carbocycles. The zero-order chi connectivity index (χ0) is 12.4. The molecule has 4 nitrogen and oxygen atoms in total. The second-order valence-corrected chi connectivity index (χ2v) is 5.94. The molecule has 2 atom stereocenters. The summed E-state index contributed by atoms with van der Waals surface area (Å²) >= 11 is 0. The van der Waals surface area contributed by atoms with E-state index in [0.717, 1.165) is 26.2 Å². The molecule has 0 bridgehead atoms. The fraction of sp³-hybridized carbons (Fsp3) is 0.929. The molecular weight excluding hydrogens is 226 g/mol. The highest BCUT2D eigenvalue weighted by Crippen LogP contribution is 2.26. The first kappa shape index (κ1) is 12.3. The van der Waals surface area contributed by atoms with Gasteiger partial charge in [-0.2, -0.15) is 0 Å². The highest BCUT2D eigenvalue weighted by molar-refractivity contribution is 5.75. The molecule has 102 valence electrons. The molecule has 4 heteroatoms. The quantitative estimate of drug-likeness (QED) is 0.771. The number of hydrogen-bond donors (Lipinski definition) is 1. The van der Waals surface area contributed by atoms with Crippen molar-refractivity contribution in [2.45, 2.75) is 57.0 Å². The van der Waals surface area contributed by atoms with Gasteiger partial charge >= 0.3 is 6.03 Å². The lowest BCUT2D eigenvalue weighted by Crippen LogP contribution is -2.55. The predicted octanol–water partition coefficient (Wildman–Crippen LogP) is 1.81. The number of nitrogens with one attached hydrogen (secondary N) is 1. The van der Waals surface area contributed by atoms with Crippen molar-refractivity contribution in [3.8, 4) is 0 Å². The SMILES string of the molecule is O=C(N1CCCC1)N1CCCCC1C1CCCN1. The molecule has 0 radical (unpaired) electrons. The second kappa shape index (κ2) is 5.47. The van der Waals surface area contributed by atoms with E-state index in [2.05, 4.69) is 15.1 Å². The van der Waals surface area contributed by atoms with Crippen LogP contribution in [0.15, 0.2) is 0 Å². The molecule has 1 N–H and O–H groups in total. The van der Waals surface area contributed by atoms with Gasteiger partial charge in [-0.25, -0.2) is 4.79 Å². The minimum absolute atomic E-state index is 0.311. The number of urea groups is 1. The van der Waals surface area contributed by atoms with Gasteiger partial charge in [0.25, 0.3) is 0 Å². The maximum absolute atomic E-state index is 12.6. The van der Waals surface area contributed by atoms with Crippen LogP contribution in [0.5, 0.6) is 0 Å². The van der Waals surface area contributed by atoms with Gasteiger partial charge in [0, 0.05) is 31.7 Å². The van der Waals surface area contributed by atoms with Gasteiger partial charge in [-0.1, -0.05) is 0 Å². The number of hydrogen-bond acceptors (Lipinski definition) is 2. The van der Waals surface area contributed by atoms with E-state index in [-0.39, 0.29) is 0 Å². The van der Waals surface area contributed by atoms with Crippen LogP contribution in [0.25, 0.3) is 0 Å². The van der Waals surface area contributed by atoms with Gasteiger partial charge in [0.15, 0.2) is 0 Å². The molecule has 3 fully saturated rings. The number of carbonyl (C=O) groups is 1. The summed E-state index contributed by atoms with van der Waals surface area (Å²) in [6.45, 7) is 4.05. The van der Waals surface area contributed by atoms with Crippen molar-refractivity contribution in [1.82, 2.24) is 15.1 Å². The first-order chi connectivity index (χ1) is 8.86. The summed E-state index contributed by atoms with van der Waals surface area (Å²) in [6.07, 6.45) is 8.55. The standard InChI is InChI=1S/C14H25N3O/c18-14(16-9-3-4-10-16)17-11-2-1-7-13(17)12-6-5-8-15-12/h12-13,15H,1-11H2. The molecule has 3 rings (SSSR count). The molecule has 3 heterocycles. The molecule has 2 amide bonds. The summed E-state index contributed by atoms with van der Waals surface area (Å²) in [4.78, 5) is 16.8. The van der Waals surface area contributed by atoms with Crippen molar-refractivity contribution < 1.29 is 4.79 Å². The summed E-state index contributed by atoms with van der Waals surface area (Å²) in [5.41, 5.74) is 0. The first-order valence-electron chi connectivity index (χ1n) is 7.65. The Kier molecular flexibility index (Phi) is 3.73. The number of nitrogens with zero attached hydrogens (tertiary/aromatic N) is 2. The topological polar surface area (TPSA) is 35.6 Å². The third kappa shape index (κ3) is 2.35. The van der Waals surface area contributed by atoms with Gasteiger partial charge in [0.05, 0.1) is 0 Å². The van der Waals surface area contributed by atoms with E-state index in [0.29, 0.717) is 18.1 Å². The van der Waals surface area contributed by atoms with Gasteiger partial charge in [-0.05, 0) is 51.5 Å². The lowest BCUT2D eigenvalue weighted by molar-refractivity contribution is 0.108. The summed E-state index contributed by atoms with van der Waals surface area (Å²) in [5, 5.41) is 3.59. The smallest absolute Gasteiger partial charge is 0.320 e. The van der Waals surface area contributed by atoms with E-state index in [4.69, 9.17) is 0 Å². The Morgan fingerprint density at radius 2 is 1.72 bits per heavy atom. The molecule has 3 aliphatic rings. The monoisotopic (exact) mass is 251 g/mol. The van der Waals surface area contributed by atoms with Crippen molar-refractivity contribution in [3.63, 3.8) is 0 Å². The fourth-order valence-corrected chi connectivity index (χ4v) is 3.74. The van der Waals surface area contributed by atoms with Crippen LogP contribution in [0, 0.1) is 0 Å². The molecule has 3 aliphatic heterocycles. The molecule has 0 aromatic carbocycles. The van der Waals surface area contributed by atoms with E-state index in [1.165, 1.54) is 44.9 Å². The Bertz CT molecular complexity index is 295. The Hall–Kier alpha value is -0.770. The van der Waals surface area contributed by atoms with Crippen molar-refractivity contribution in [1.29, 1.82) is 0 Å². The maximum atomic E-state index is 12.6. The van der Waals surface area contributed by atoms with Gasteiger partial charge < -0.3 is 15.1 Å². The molecule has 0 aromatic heterocycles. The lowest BCUT2D eigenvalue weighted by Gasteiger charge is -2.41. The molecule has 0 saturated carbocycles. The average molecular weight is 251 g/mol. The summed E-state index contributed by atoms with van der Waals surface area (Å²) < 4.78 is 0. The second-order valence-electron chi connectivity index (χ2n) is 5.94. The number of amides is 2. The molecular formula is C14H25N3O. The summed E-state index contributed by atoms with van der Waals surface area (Å²) in [7, 11) is 0. The van der Waals surface area contributed by atoms with Gasteiger partial charge in [0.2, 0.25) is 0 Å². The molecule has 0 aromatic rings. The van der Waals surface area contributed by atoms with E-state index in [1.807, 2.05) is 0 Å². The van der Waals surface area contributed by atoms with E-state index >= 15 is 0 Å². The number of rotatable bonds is 1. The highest BCUT2D eigenvalue weighted by Gasteiger charge is 2.36. The summed E-state index contributed by atoms with van der Waals surface area (Å²) in [5.74, 6) is 0. The van der Waals surface area contributed by atoms with E-state index in [9.17, 15) is 4.79 Å². The Labute approximate surface area is 110 Å². The molecule has 18 heavy (non-hydrogen) atoms. The number of piperidine rings is 1. The van der Waals surface area contributed by atoms with Crippen LogP contribution < -0.4 is 5.32 Å². The van der Waals surface area contributed by atoms with Crippen molar-refractivity contribution in [2.24, 2.45) is 0 Å². The van der Waals surface area contributed by atoms with Gasteiger partial charge in [-0.15, -0.1) is 0 Å². The number of carbonyl (C=O) groups excluding carboxylic acids is 1. The van der Waals surface area contributed by atoms with Gasteiger partial charge in [-0.3, -0.25) is 0 Å². The Balaban J connectivity index is 1.68. The predicted molar refractivity (Wildman–Crippen MR) is 71.6 cm³/mol. The normalized spacial score (nSPS) is 33.1. The first-order valence-corrected chi connectivity index (χ1v) is 7.65. The minimum atomic E-state index is 0.311. The van der Waals surface area contributed by atoms with E-state index in [1.54, 1.807) is 0 Å². The zero-order valence-electron chi connectivity index (χ0n) is 11.2. The van der Waals surface area contributed by atoms with Crippen LogP contribution >= 0.6 is 0 Å². The Morgan fingerprint density at radius 3 is 2.44 bits per heavy atom. The number of likely N-dealkylation sites (tertiary alicyclic amines) is 2. The van der Waals surface area contributed by atoms with Crippen LogP contribution in [0.2, 0.25) is 0 Å². The van der Waals surface area contributed by atoms with Crippen LogP contribution in [0.4, 0.5) is 4.79 Å². The molecule has 3 saturated heterocycles. The largest absolute Gasteiger partial charge is 0.325 e. The molecule has 0 spiro atoms. The summed E-state index contributed by atoms with van der Waals surface area (Å²) in [6, 6.07) is 1.32. The maximum Gasteiger partial charge on any atom is 0.320 e. The minimum Gasteiger partial charge on any atom is -0.325 e. The molecule has 2 unspecified atom stereocenters. The fourth-order valence-electron chi connectivity index (χ4n) is 3.74. The third-order valence-corrected chi connectivity index (χ3v) is 4.73. The zero-order valence-corrected chi connectivity index (χ0v) is 11.2. The van der Waals surface area contributed by atoms with Crippen LogP contribution in [0.3, 0.4) is 0 Å². The van der Waals surface area contributed by atoms with Crippen molar-refractivity contribution >= 4 is 6.03 Å². The average Bonchev–Trinajstić information content (AvgIpc) is 3.11. The highest BCUT2D eigenvalue weighted by atomic mass is 16.2. The van der Waals surface area contributed by atoms with Crippen molar-refractivity contribution in [3.05, 3.63) is 0 Å². The van der Waals surface area contributed by atoms with E-state index < -0.39 is 0 Å². The Morgan fingerprint density at radius 1 is 0.944 bits per heavy atom. The van der Waals surface area contributed by atoms with Crippen LogP contribution in [0.1, 0.15) is 44.9 Å². The van der Waals surface area contributed by atoms with Crippen LogP contribution in [-0.4, -0.2) is 54.1 Å². The van der Waals surface area contributed by atoms with Crippen molar-refractivity contribution in [2.75, 3.05) is 26.2 Å². The van der Waals surface area contributed by atoms with Crippen LogP contribution in [-0.2, 0) is 0 Å². The van der Waals surface area contributed by atoms with Gasteiger partial charge in [0.1, 0.15) is 0 Å².